The second-order valence-electron chi connectivity index (χ2n) is 5.30. The van der Waals surface area contributed by atoms with E-state index in [2.05, 4.69) is 4.90 Å². The molecular formula is C14H24N2O4. The van der Waals surface area contributed by atoms with Crippen LogP contribution in [0.25, 0.3) is 0 Å². The summed E-state index contributed by atoms with van der Waals surface area (Å²) in [4.78, 5) is 27.6. The highest BCUT2D eigenvalue weighted by Crippen LogP contribution is 2.19. The molecule has 6 nitrogen and oxygen atoms in total. The van der Waals surface area contributed by atoms with Crippen molar-refractivity contribution in [2.45, 2.75) is 19.8 Å². The third-order valence-electron chi connectivity index (χ3n) is 3.84. The second-order valence-corrected chi connectivity index (χ2v) is 5.30. The topological polar surface area (TPSA) is 59.1 Å². The van der Waals surface area contributed by atoms with Gasteiger partial charge in [0.1, 0.15) is 0 Å². The zero-order chi connectivity index (χ0) is 14.4. The van der Waals surface area contributed by atoms with Crippen molar-refractivity contribution >= 4 is 11.9 Å². The van der Waals surface area contributed by atoms with Gasteiger partial charge in [-0.15, -0.1) is 0 Å². The van der Waals surface area contributed by atoms with Crippen LogP contribution in [-0.4, -0.2) is 74.2 Å². The molecule has 1 amide bonds. The molecule has 2 rings (SSSR count). The molecule has 114 valence electrons. The van der Waals surface area contributed by atoms with Gasteiger partial charge < -0.3 is 14.4 Å². The molecule has 0 saturated carbocycles. The van der Waals surface area contributed by atoms with Crippen molar-refractivity contribution in [3.63, 3.8) is 0 Å². The summed E-state index contributed by atoms with van der Waals surface area (Å²) in [7, 11) is 0. The molecule has 0 aliphatic carbocycles. The Labute approximate surface area is 120 Å². The number of esters is 1. The van der Waals surface area contributed by atoms with Crippen molar-refractivity contribution in [2.75, 3.05) is 52.5 Å². The van der Waals surface area contributed by atoms with Crippen LogP contribution in [0.2, 0.25) is 0 Å². The maximum absolute atomic E-state index is 11.9. The van der Waals surface area contributed by atoms with E-state index < -0.39 is 0 Å². The van der Waals surface area contributed by atoms with Crippen LogP contribution >= 0.6 is 0 Å². The first-order valence-electron chi connectivity index (χ1n) is 7.45. The fraction of sp³-hybridized carbons (Fsp3) is 0.857. The van der Waals surface area contributed by atoms with E-state index in [0.29, 0.717) is 19.6 Å². The van der Waals surface area contributed by atoms with Gasteiger partial charge in [0.25, 0.3) is 0 Å². The first kappa shape index (κ1) is 15.3. The van der Waals surface area contributed by atoms with E-state index in [0.717, 1.165) is 45.8 Å². The minimum Gasteiger partial charge on any atom is -0.466 e. The lowest BCUT2D eigenvalue weighted by atomic mass is 10.1. The van der Waals surface area contributed by atoms with Crippen LogP contribution in [0.4, 0.5) is 0 Å². The predicted octanol–water partition coefficient (Wildman–Crippen LogP) is 0.120. The van der Waals surface area contributed by atoms with E-state index in [4.69, 9.17) is 9.47 Å². The molecule has 20 heavy (non-hydrogen) atoms. The Morgan fingerprint density at radius 1 is 1.35 bits per heavy atom. The van der Waals surface area contributed by atoms with E-state index in [1.165, 1.54) is 0 Å². The smallest absolute Gasteiger partial charge is 0.311 e. The summed E-state index contributed by atoms with van der Waals surface area (Å²) in [5, 5.41) is 0. The molecule has 2 aliphatic rings. The number of carbonyl (C=O) groups excluding carboxylic acids is 2. The lowest BCUT2D eigenvalue weighted by Crippen LogP contribution is -2.38. The van der Waals surface area contributed by atoms with Crippen molar-refractivity contribution < 1.29 is 19.1 Å². The fourth-order valence-corrected chi connectivity index (χ4v) is 2.72. The second kappa shape index (κ2) is 7.59. The number of carbonyl (C=O) groups is 2. The maximum atomic E-state index is 11.9. The zero-order valence-corrected chi connectivity index (χ0v) is 12.2. The summed E-state index contributed by atoms with van der Waals surface area (Å²) in [6.45, 7) is 7.93. The van der Waals surface area contributed by atoms with Crippen LogP contribution < -0.4 is 0 Å². The van der Waals surface area contributed by atoms with Gasteiger partial charge in [-0.3, -0.25) is 14.5 Å². The Morgan fingerprint density at radius 2 is 2.10 bits per heavy atom. The third kappa shape index (κ3) is 4.18. The van der Waals surface area contributed by atoms with Gasteiger partial charge in [-0.05, 0) is 13.3 Å². The summed E-state index contributed by atoms with van der Waals surface area (Å²) in [5.41, 5.74) is 0. The molecule has 0 spiro atoms. The molecule has 0 radical (unpaired) electrons. The van der Waals surface area contributed by atoms with Crippen LogP contribution in [0.1, 0.15) is 19.8 Å². The van der Waals surface area contributed by atoms with Gasteiger partial charge in [0.05, 0.1) is 25.7 Å². The summed E-state index contributed by atoms with van der Waals surface area (Å²) >= 11 is 0. The standard InChI is InChI=1S/C14H24N2O4/c1-2-20-14(18)12-10-13(17)16(11-12)5-3-4-15-6-8-19-9-7-15/h12H,2-11H2,1H3. The molecule has 0 N–H and O–H groups in total. The number of likely N-dealkylation sites (tertiary alicyclic amines) is 1. The third-order valence-corrected chi connectivity index (χ3v) is 3.84. The van der Waals surface area contributed by atoms with Gasteiger partial charge in [-0.2, -0.15) is 0 Å². The molecule has 0 aromatic carbocycles. The fourth-order valence-electron chi connectivity index (χ4n) is 2.72. The summed E-state index contributed by atoms with van der Waals surface area (Å²) in [6.07, 6.45) is 1.25. The Bertz CT molecular complexity index is 342. The van der Waals surface area contributed by atoms with E-state index >= 15 is 0 Å². The van der Waals surface area contributed by atoms with Crippen LogP contribution in [0.15, 0.2) is 0 Å². The Balaban J connectivity index is 1.68. The van der Waals surface area contributed by atoms with Gasteiger partial charge in [0.15, 0.2) is 0 Å². The summed E-state index contributed by atoms with van der Waals surface area (Å²) < 4.78 is 10.3. The van der Waals surface area contributed by atoms with E-state index in [9.17, 15) is 9.59 Å². The molecule has 2 fully saturated rings. The molecular weight excluding hydrogens is 260 g/mol. The lowest BCUT2D eigenvalue weighted by molar-refractivity contribution is -0.147. The molecule has 0 aromatic rings. The van der Waals surface area contributed by atoms with Gasteiger partial charge >= 0.3 is 5.97 Å². The van der Waals surface area contributed by atoms with Crippen molar-refractivity contribution in [3.8, 4) is 0 Å². The molecule has 0 aromatic heterocycles. The van der Waals surface area contributed by atoms with E-state index in [1.54, 1.807) is 11.8 Å². The summed E-state index contributed by atoms with van der Waals surface area (Å²) in [5.74, 6) is -0.438. The molecule has 6 heteroatoms. The Kier molecular flexibility index (Phi) is 5.79. The van der Waals surface area contributed by atoms with Crippen LogP contribution in [-0.2, 0) is 19.1 Å². The zero-order valence-electron chi connectivity index (χ0n) is 12.2. The average molecular weight is 284 g/mol. The monoisotopic (exact) mass is 284 g/mol. The van der Waals surface area contributed by atoms with E-state index in [1.807, 2.05) is 0 Å². The highest BCUT2D eigenvalue weighted by molar-refractivity contribution is 5.86. The van der Waals surface area contributed by atoms with Crippen LogP contribution in [0, 0.1) is 5.92 Å². The number of ether oxygens (including phenoxy) is 2. The largest absolute Gasteiger partial charge is 0.466 e. The number of hydrogen-bond acceptors (Lipinski definition) is 5. The number of morpholine rings is 1. The highest BCUT2D eigenvalue weighted by Gasteiger charge is 2.34. The number of rotatable bonds is 6. The molecule has 2 saturated heterocycles. The normalized spacial score (nSPS) is 24.1. The SMILES string of the molecule is CCOC(=O)C1CC(=O)N(CCCN2CCOCC2)C1. The predicted molar refractivity (Wildman–Crippen MR) is 73.2 cm³/mol. The molecule has 2 aliphatic heterocycles. The number of hydrogen-bond donors (Lipinski definition) is 0. The highest BCUT2D eigenvalue weighted by atomic mass is 16.5. The van der Waals surface area contributed by atoms with Gasteiger partial charge in [0.2, 0.25) is 5.91 Å². The lowest BCUT2D eigenvalue weighted by Gasteiger charge is -2.27. The molecule has 2 heterocycles. The van der Waals surface area contributed by atoms with Crippen molar-refractivity contribution in [1.82, 2.24) is 9.80 Å². The Hall–Kier alpha value is -1.14. The van der Waals surface area contributed by atoms with Crippen LogP contribution in [0.5, 0.6) is 0 Å². The molecule has 0 bridgehead atoms. The number of amides is 1. The first-order valence-corrected chi connectivity index (χ1v) is 7.45. The molecule has 1 unspecified atom stereocenters. The Morgan fingerprint density at radius 3 is 2.80 bits per heavy atom. The minimum absolute atomic E-state index is 0.0741. The average Bonchev–Trinajstić information content (AvgIpc) is 2.82. The summed E-state index contributed by atoms with van der Waals surface area (Å²) in [6, 6.07) is 0. The van der Waals surface area contributed by atoms with Gasteiger partial charge in [0, 0.05) is 39.1 Å². The first-order chi connectivity index (χ1) is 9.70. The van der Waals surface area contributed by atoms with Crippen LogP contribution in [0.3, 0.4) is 0 Å². The van der Waals surface area contributed by atoms with Gasteiger partial charge in [-0.25, -0.2) is 0 Å². The van der Waals surface area contributed by atoms with Gasteiger partial charge in [-0.1, -0.05) is 0 Å². The minimum atomic E-state index is -0.272. The molecule has 1 atom stereocenters. The maximum Gasteiger partial charge on any atom is 0.311 e. The quantitative estimate of drug-likeness (QED) is 0.648. The van der Waals surface area contributed by atoms with E-state index in [-0.39, 0.29) is 17.8 Å². The van der Waals surface area contributed by atoms with Crippen molar-refractivity contribution in [3.05, 3.63) is 0 Å². The number of nitrogens with zero attached hydrogens (tertiary/aromatic N) is 2. The van der Waals surface area contributed by atoms with Crippen molar-refractivity contribution in [1.29, 1.82) is 0 Å². The van der Waals surface area contributed by atoms with Crippen molar-refractivity contribution in [2.24, 2.45) is 5.92 Å².